The maximum atomic E-state index is 13.5. The number of benzene rings is 1. The van der Waals surface area contributed by atoms with Crippen LogP contribution in [-0.2, 0) is 6.42 Å². The zero-order valence-corrected chi connectivity index (χ0v) is 13.3. The molecule has 1 saturated carbocycles. The van der Waals surface area contributed by atoms with Crippen molar-refractivity contribution in [3.8, 4) is 0 Å². The summed E-state index contributed by atoms with van der Waals surface area (Å²) in [7, 11) is 0. The first kappa shape index (κ1) is 15.5. The van der Waals surface area contributed by atoms with Crippen LogP contribution in [0.5, 0.6) is 0 Å². The van der Waals surface area contributed by atoms with Gasteiger partial charge in [-0.2, -0.15) is 0 Å². The van der Waals surface area contributed by atoms with E-state index in [9.17, 15) is 4.39 Å². The fourth-order valence-electron chi connectivity index (χ4n) is 3.82. The Hall–Kier alpha value is -0.890. The number of rotatable bonds is 5. The van der Waals surface area contributed by atoms with Crippen molar-refractivity contribution in [1.82, 2.24) is 5.32 Å². The van der Waals surface area contributed by atoms with Crippen LogP contribution < -0.4 is 5.32 Å². The predicted molar refractivity (Wildman–Crippen MR) is 83.4 cm³/mol. The van der Waals surface area contributed by atoms with Gasteiger partial charge in [0.05, 0.1) is 0 Å². The van der Waals surface area contributed by atoms with Gasteiger partial charge in [0, 0.05) is 6.04 Å². The third kappa shape index (κ3) is 3.41. The number of likely N-dealkylation sites (N-methyl/N-ethyl adjacent to an activating group) is 1. The quantitative estimate of drug-likeness (QED) is 0.836. The Balaban J connectivity index is 2.19. The molecule has 0 amide bonds. The van der Waals surface area contributed by atoms with E-state index in [2.05, 4.69) is 33.0 Å². The standard InChI is InChI=1S/C18H28FN/c1-5-20-17(16-7-6-10-18(16,3)4)12-14-11-15(19)9-8-13(14)2/h8-9,11,16-17,20H,5-7,10,12H2,1-4H3. The summed E-state index contributed by atoms with van der Waals surface area (Å²) in [5.41, 5.74) is 2.75. The Morgan fingerprint density at radius 1 is 1.40 bits per heavy atom. The second-order valence-electron chi connectivity index (χ2n) is 6.93. The second-order valence-corrected chi connectivity index (χ2v) is 6.93. The summed E-state index contributed by atoms with van der Waals surface area (Å²) in [6.07, 6.45) is 4.86. The average molecular weight is 277 g/mol. The summed E-state index contributed by atoms with van der Waals surface area (Å²) in [6.45, 7) is 9.98. The van der Waals surface area contributed by atoms with E-state index in [1.165, 1.54) is 24.8 Å². The van der Waals surface area contributed by atoms with Crippen molar-refractivity contribution >= 4 is 0 Å². The monoisotopic (exact) mass is 277 g/mol. The number of halogens is 1. The molecule has 1 aliphatic carbocycles. The van der Waals surface area contributed by atoms with Gasteiger partial charge in [0.15, 0.2) is 0 Å². The lowest BCUT2D eigenvalue weighted by Gasteiger charge is -2.35. The molecule has 1 aromatic carbocycles. The van der Waals surface area contributed by atoms with Crippen LogP contribution in [0.2, 0.25) is 0 Å². The van der Waals surface area contributed by atoms with Gasteiger partial charge in [-0.05, 0) is 67.3 Å². The lowest BCUT2D eigenvalue weighted by atomic mass is 9.75. The van der Waals surface area contributed by atoms with Crippen molar-refractivity contribution in [1.29, 1.82) is 0 Å². The highest BCUT2D eigenvalue weighted by molar-refractivity contribution is 5.27. The fraction of sp³-hybridized carbons (Fsp3) is 0.667. The number of hydrogen-bond acceptors (Lipinski definition) is 1. The summed E-state index contributed by atoms with van der Waals surface area (Å²) in [6, 6.07) is 5.62. The maximum absolute atomic E-state index is 13.5. The van der Waals surface area contributed by atoms with Crippen LogP contribution in [0.3, 0.4) is 0 Å². The molecule has 20 heavy (non-hydrogen) atoms. The first-order chi connectivity index (χ1) is 9.44. The van der Waals surface area contributed by atoms with Gasteiger partial charge in [-0.1, -0.05) is 33.3 Å². The zero-order valence-electron chi connectivity index (χ0n) is 13.3. The Morgan fingerprint density at radius 2 is 2.15 bits per heavy atom. The van der Waals surface area contributed by atoms with Gasteiger partial charge in [-0.15, -0.1) is 0 Å². The molecule has 112 valence electrons. The first-order valence-electron chi connectivity index (χ1n) is 7.92. The van der Waals surface area contributed by atoms with Crippen molar-refractivity contribution in [3.05, 3.63) is 35.1 Å². The third-order valence-corrected chi connectivity index (χ3v) is 5.04. The molecule has 2 rings (SSSR count). The van der Waals surface area contributed by atoms with Crippen molar-refractivity contribution in [2.45, 2.75) is 59.4 Å². The largest absolute Gasteiger partial charge is 0.314 e. The number of hydrogen-bond donors (Lipinski definition) is 1. The van der Waals surface area contributed by atoms with Gasteiger partial charge >= 0.3 is 0 Å². The Bertz CT molecular complexity index is 453. The van der Waals surface area contributed by atoms with Crippen LogP contribution in [0.15, 0.2) is 18.2 Å². The van der Waals surface area contributed by atoms with Gasteiger partial charge in [-0.25, -0.2) is 4.39 Å². The SMILES string of the molecule is CCNC(Cc1cc(F)ccc1C)C1CCCC1(C)C. The van der Waals surface area contributed by atoms with Gasteiger partial charge in [0.1, 0.15) is 5.82 Å². The van der Waals surface area contributed by atoms with E-state index in [1.807, 2.05) is 6.07 Å². The molecule has 2 unspecified atom stereocenters. The molecule has 1 nitrogen and oxygen atoms in total. The highest BCUT2D eigenvalue weighted by Gasteiger charge is 2.39. The minimum absolute atomic E-state index is 0.119. The molecule has 0 aliphatic heterocycles. The van der Waals surface area contributed by atoms with Crippen molar-refractivity contribution < 1.29 is 4.39 Å². The van der Waals surface area contributed by atoms with Crippen molar-refractivity contribution in [2.75, 3.05) is 6.54 Å². The normalized spacial score (nSPS) is 22.9. The fourth-order valence-corrected chi connectivity index (χ4v) is 3.82. The highest BCUT2D eigenvalue weighted by atomic mass is 19.1. The number of nitrogens with one attached hydrogen (secondary N) is 1. The molecule has 0 heterocycles. The van der Waals surface area contributed by atoms with E-state index in [1.54, 1.807) is 12.1 Å². The Morgan fingerprint density at radius 3 is 2.75 bits per heavy atom. The summed E-state index contributed by atoms with van der Waals surface area (Å²) in [4.78, 5) is 0. The molecule has 1 aromatic rings. The van der Waals surface area contributed by atoms with E-state index in [-0.39, 0.29) is 5.82 Å². The highest BCUT2D eigenvalue weighted by Crippen LogP contribution is 2.45. The summed E-state index contributed by atoms with van der Waals surface area (Å²) in [5.74, 6) is 0.566. The van der Waals surface area contributed by atoms with Crippen molar-refractivity contribution in [3.63, 3.8) is 0 Å². The van der Waals surface area contributed by atoms with E-state index in [0.717, 1.165) is 18.5 Å². The Labute approximate surface area is 123 Å². The van der Waals surface area contributed by atoms with Crippen LogP contribution >= 0.6 is 0 Å². The van der Waals surface area contributed by atoms with Gasteiger partial charge in [-0.3, -0.25) is 0 Å². The Kier molecular flexibility index (Phi) is 4.85. The smallest absolute Gasteiger partial charge is 0.123 e. The molecule has 2 atom stereocenters. The van der Waals surface area contributed by atoms with Crippen LogP contribution in [-0.4, -0.2) is 12.6 Å². The number of aryl methyl sites for hydroxylation is 1. The maximum Gasteiger partial charge on any atom is 0.123 e. The molecule has 0 aromatic heterocycles. The minimum Gasteiger partial charge on any atom is -0.314 e. The lowest BCUT2D eigenvalue weighted by molar-refractivity contribution is 0.197. The summed E-state index contributed by atoms with van der Waals surface area (Å²) in [5, 5.41) is 3.65. The summed E-state index contributed by atoms with van der Waals surface area (Å²) >= 11 is 0. The molecule has 0 saturated heterocycles. The first-order valence-corrected chi connectivity index (χ1v) is 7.92. The van der Waals surface area contributed by atoms with E-state index >= 15 is 0 Å². The van der Waals surface area contributed by atoms with E-state index in [4.69, 9.17) is 0 Å². The molecule has 1 fully saturated rings. The van der Waals surface area contributed by atoms with Gasteiger partial charge in [0.25, 0.3) is 0 Å². The van der Waals surface area contributed by atoms with Crippen LogP contribution in [0.4, 0.5) is 4.39 Å². The molecule has 2 heteroatoms. The molecule has 0 radical (unpaired) electrons. The van der Waals surface area contributed by atoms with Crippen LogP contribution in [0.1, 0.15) is 51.2 Å². The molecule has 0 spiro atoms. The second kappa shape index (κ2) is 6.26. The molecule has 1 aliphatic rings. The molecular weight excluding hydrogens is 249 g/mol. The van der Waals surface area contributed by atoms with E-state index < -0.39 is 0 Å². The average Bonchev–Trinajstić information content (AvgIpc) is 2.73. The topological polar surface area (TPSA) is 12.0 Å². The molecular formula is C18H28FN. The van der Waals surface area contributed by atoms with Gasteiger partial charge < -0.3 is 5.32 Å². The van der Waals surface area contributed by atoms with Gasteiger partial charge in [0.2, 0.25) is 0 Å². The minimum atomic E-state index is -0.119. The molecule has 1 N–H and O–H groups in total. The van der Waals surface area contributed by atoms with Crippen LogP contribution in [0, 0.1) is 24.1 Å². The van der Waals surface area contributed by atoms with Crippen LogP contribution in [0.25, 0.3) is 0 Å². The third-order valence-electron chi connectivity index (χ3n) is 5.04. The zero-order chi connectivity index (χ0) is 14.8. The molecule has 0 bridgehead atoms. The summed E-state index contributed by atoms with van der Waals surface area (Å²) < 4.78 is 13.5. The van der Waals surface area contributed by atoms with Crippen molar-refractivity contribution in [2.24, 2.45) is 11.3 Å². The lowest BCUT2D eigenvalue weighted by Crippen LogP contribution is -2.42. The van der Waals surface area contributed by atoms with E-state index in [0.29, 0.717) is 17.4 Å². The predicted octanol–water partition coefficient (Wildman–Crippen LogP) is 4.48.